The number of amides is 3. The molecule has 1 atom stereocenters. The van der Waals surface area contributed by atoms with Gasteiger partial charge in [0.15, 0.2) is 0 Å². The first-order valence-corrected chi connectivity index (χ1v) is 9.31. The lowest BCUT2D eigenvalue weighted by Crippen LogP contribution is -2.53. The van der Waals surface area contributed by atoms with E-state index in [0.29, 0.717) is 11.4 Å². The van der Waals surface area contributed by atoms with Crippen LogP contribution >= 0.6 is 11.6 Å². The van der Waals surface area contributed by atoms with Gasteiger partial charge >= 0.3 is 6.03 Å². The zero-order valence-corrected chi connectivity index (χ0v) is 15.7. The van der Waals surface area contributed by atoms with E-state index < -0.39 is 0 Å². The van der Waals surface area contributed by atoms with E-state index in [4.69, 9.17) is 11.6 Å². The SMILES string of the molecule is C[C@H](NC(=O)N1CCC2(CCC(=O)N(C)C2)CC1)c1ccc(Cl)cc1. The molecule has 0 bridgehead atoms. The number of rotatable bonds is 2. The molecule has 1 spiro atoms. The quantitative estimate of drug-likeness (QED) is 0.875. The van der Waals surface area contributed by atoms with E-state index in [0.717, 1.165) is 44.5 Å². The van der Waals surface area contributed by atoms with E-state index in [1.54, 1.807) is 0 Å². The number of piperidine rings is 2. The minimum Gasteiger partial charge on any atom is -0.345 e. The van der Waals surface area contributed by atoms with Gasteiger partial charge in [-0.25, -0.2) is 4.79 Å². The van der Waals surface area contributed by atoms with Gasteiger partial charge in [-0.1, -0.05) is 23.7 Å². The van der Waals surface area contributed by atoms with Crippen molar-refractivity contribution in [2.24, 2.45) is 5.41 Å². The molecular formula is C19H26ClN3O2. The smallest absolute Gasteiger partial charge is 0.317 e. The first-order valence-electron chi connectivity index (χ1n) is 8.93. The lowest BCUT2D eigenvalue weighted by Gasteiger charge is -2.46. The molecule has 136 valence electrons. The molecule has 25 heavy (non-hydrogen) atoms. The average Bonchev–Trinajstić information content (AvgIpc) is 2.60. The van der Waals surface area contributed by atoms with Crippen molar-refractivity contribution in [2.75, 3.05) is 26.7 Å². The van der Waals surface area contributed by atoms with Gasteiger partial charge in [0.1, 0.15) is 0 Å². The molecule has 2 aliphatic rings. The van der Waals surface area contributed by atoms with Crippen LogP contribution in [0, 0.1) is 5.41 Å². The van der Waals surface area contributed by atoms with E-state index in [-0.39, 0.29) is 23.4 Å². The van der Waals surface area contributed by atoms with Crippen LogP contribution in [-0.4, -0.2) is 48.4 Å². The minimum absolute atomic E-state index is 0.0162. The summed E-state index contributed by atoms with van der Waals surface area (Å²) < 4.78 is 0. The number of nitrogens with one attached hydrogen (secondary N) is 1. The van der Waals surface area contributed by atoms with Crippen molar-refractivity contribution < 1.29 is 9.59 Å². The molecule has 1 aromatic rings. The fourth-order valence-electron chi connectivity index (χ4n) is 3.94. The van der Waals surface area contributed by atoms with Crippen LogP contribution in [0.25, 0.3) is 0 Å². The number of likely N-dealkylation sites (tertiary alicyclic amines) is 2. The van der Waals surface area contributed by atoms with Gasteiger partial charge in [-0.3, -0.25) is 4.79 Å². The maximum Gasteiger partial charge on any atom is 0.317 e. The van der Waals surface area contributed by atoms with Gasteiger partial charge in [-0.05, 0) is 49.3 Å². The highest BCUT2D eigenvalue weighted by atomic mass is 35.5. The van der Waals surface area contributed by atoms with Crippen molar-refractivity contribution >= 4 is 23.5 Å². The van der Waals surface area contributed by atoms with Gasteiger partial charge in [-0.15, -0.1) is 0 Å². The Labute approximate surface area is 154 Å². The highest BCUT2D eigenvalue weighted by molar-refractivity contribution is 6.30. The van der Waals surface area contributed by atoms with Crippen molar-refractivity contribution in [3.8, 4) is 0 Å². The minimum atomic E-state index is -0.0564. The third-order valence-electron chi connectivity index (χ3n) is 5.69. The van der Waals surface area contributed by atoms with Crippen LogP contribution in [0.2, 0.25) is 5.02 Å². The summed E-state index contributed by atoms with van der Waals surface area (Å²) in [7, 11) is 1.89. The van der Waals surface area contributed by atoms with Gasteiger partial charge in [0.25, 0.3) is 0 Å². The van der Waals surface area contributed by atoms with Gasteiger partial charge in [0.05, 0.1) is 6.04 Å². The number of carbonyl (C=O) groups excluding carboxylic acids is 2. The molecule has 1 N–H and O–H groups in total. The maximum absolute atomic E-state index is 12.6. The van der Waals surface area contributed by atoms with E-state index in [1.165, 1.54) is 0 Å². The normalized spacial score (nSPS) is 21.3. The molecule has 0 aromatic heterocycles. The summed E-state index contributed by atoms with van der Waals surface area (Å²) in [5.41, 5.74) is 1.24. The Balaban J connectivity index is 1.53. The van der Waals surface area contributed by atoms with Crippen LogP contribution in [0.5, 0.6) is 0 Å². The largest absolute Gasteiger partial charge is 0.345 e. The van der Waals surface area contributed by atoms with Crippen LogP contribution in [0.1, 0.15) is 44.2 Å². The van der Waals surface area contributed by atoms with Crippen LogP contribution in [-0.2, 0) is 4.79 Å². The molecule has 5 nitrogen and oxygen atoms in total. The third kappa shape index (κ3) is 4.09. The third-order valence-corrected chi connectivity index (χ3v) is 5.94. The van der Waals surface area contributed by atoms with Gasteiger partial charge < -0.3 is 15.1 Å². The number of hydrogen-bond donors (Lipinski definition) is 1. The number of benzene rings is 1. The fourth-order valence-corrected chi connectivity index (χ4v) is 4.06. The Morgan fingerprint density at radius 3 is 2.44 bits per heavy atom. The van der Waals surface area contributed by atoms with E-state index in [9.17, 15) is 9.59 Å². The highest BCUT2D eigenvalue weighted by Gasteiger charge is 2.40. The topological polar surface area (TPSA) is 52.7 Å². The molecular weight excluding hydrogens is 338 g/mol. The second kappa shape index (κ2) is 7.24. The van der Waals surface area contributed by atoms with Crippen molar-refractivity contribution in [3.63, 3.8) is 0 Å². The lowest BCUT2D eigenvalue weighted by atomic mass is 9.72. The van der Waals surface area contributed by atoms with Gasteiger partial charge in [-0.2, -0.15) is 0 Å². The standard InChI is InChI=1S/C19H26ClN3O2/c1-14(15-3-5-16(20)6-4-15)21-18(25)23-11-9-19(10-12-23)8-7-17(24)22(2)13-19/h3-6,14H,7-13H2,1-2H3,(H,21,25)/t14-/m0/s1. The second-order valence-corrected chi connectivity index (χ2v) is 7.90. The predicted molar refractivity (Wildman–Crippen MR) is 98.5 cm³/mol. The summed E-state index contributed by atoms with van der Waals surface area (Å²) in [6, 6.07) is 7.48. The lowest BCUT2D eigenvalue weighted by molar-refractivity contribution is -0.137. The Hall–Kier alpha value is -1.75. The number of carbonyl (C=O) groups is 2. The Morgan fingerprint density at radius 1 is 1.20 bits per heavy atom. The summed E-state index contributed by atoms with van der Waals surface area (Å²) in [6.07, 6.45) is 3.52. The summed E-state index contributed by atoms with van der Waals surface area (Å²) in [4.78, 5) is 28.0. The number of nitrogens with zero attached hydrogens (tertiary/aromatic N) is 2. The first-order chi connectivity index (χ1) is 11.9. The number of halogens is 1. The predicted octanol–water partition coefficient (Wildman–Crippen LogP) is 3.45. The van der Waals surface area contributed by atoms with Crippen molar-refractivity contribution in [1.82, 2.24) is 15.1 Å². The molecule has 0 radical (unpaired) electrons. The van der Waals surface area contributed by atoms with Gasteiger partial charge in [0, 0.05) is 38.1 Å². The van der Waals surface area contributed by atoms with Crippen molar-refractivity contribution in [3.05, 3.63) is 34.9 Å². The average molecular weight is 364 g/mol. The van der Waals surface area contributed by atoms with Crippen LogP contribution in [0.3, 0.4) is 0 Å². The molecule has 3 amide bonds. The summed E-state index contributed by atoms with van der Waals surface area (Å²) in [5.74, 6) is 0.239. The monoisotopic (exact) mass is 363 g/mol. The second-order valence-electron chi connectivity index (χ2n) is 7.46. The number of urea groups is 1. The zero-order chi connectivity index (χ0) is 18.0. The highest BCUT2D eigenvalue weighted by Crippen LogP contribution is 2.39. The Bertz CT molecular complexity index is 639. The molecule has 6 heteroatoms. The van der Waals surface area contributed by atoms with E-state index >= 15 is 0 Å². The van der Waals surface area contributed by atoms with Crippen LogP contribution in [0.4, 0.5) is 4.79 Å². The molecule has 0 saturated carbocycles. The van der Waals surface area contributed by atoms with Crippen molar-refractivity contribution in [2.45, 2.75) is 38.6 Å². The Morgan fingerprint density at radius 2 is 1.84 bits per heavy atom. The summed E-state index contributed by atoms with van der Waals surface area (Å²) in [5, 5.41) is 3.77. The molecule has 2 heterocycles. The maximum atomic E-state index is 12.6. The summed E-state index contributed by atoms with van der Waals surface area (Å²) in [6.45, 7) is 4.30. The molecule has 0 unspecified atom stereocenters. The first kappa shape index (κ1) is 18.1. The molecule has 1 aromatic carbocycles. The molecule has 0 aliphatic carbocycles. The molecule has 2 aliphatic heterocycles. The van der Waals surface area contributed by atoms with Crippen molar-refractivity contribution in [1.29, 1.82) is 0 Å². The fraction of sp³-hybridized carbons (Fsp3) is 0.579. The molecule has 2 saturated heterocycles. The van der Waals surface area contributed by atoms with Gasteiger partial charge in [0.2, 0.25) is 5.91 Å². The van der Waals surface area contributed by atoms with E-state index in [2.05, 4.69) is 5.32 Å². The van der Waals surface area contributed by atoms with E-state index in [1.807, 2.05) is 48.0 Å². The molecule has 2 fully saturated rings. The molecule has 3 rings (SSSR count). The summed E-state index contributed by atoms with van der Waals surface area (Å²) >= 11 is 5.91. The Kier molecular flexibility index (Phi) is 5.23. The van der Waals surface area contributed by atoms with Crippen LogP contribution in [0.15, 0.2) is 24.3 Å². The van der Waals surface area contributed by atoms with Crippen LogP contribution < -0.4 is 5.32 Å². The number of hydrogen-bond acceptors (Lipinski definition) is 2. The zero-order valence-electron chi connectivity index (χ0n) is 14.9.